The van der Waals surface area contributed by atoms with Crippen LogP contribution in [0.2, 0.25) is 0 Å². The Labute approximate surface area is 313 Å². The van der Waals surface area contributed by atoms with Crippen molar-refractivity contribution in [3.8, 4) is 0 Å². The van der Waals surface area contributed by atoms with Gasteiger partial charge in [-0.3, -0.25) is 18.4 Å². The van der Waals surface area contributed by atoms with Crippen molar-refractivity contribution in [2.24, 2.45) is 10.8 Å². The van der Waals surface area contributed by atoms with Crippen molar-refractivity contribution in [3.05, 3.63) is 76.7 Å². The Morgan fingerprint density at radius 3 is 2.36 bits per heavy atom. The van der Waals surface area contributed by atoms with E-state index in [1.807, 2.05) is 0 Å². The van der Waals surface area contributed by atoms with Crippen LogP contribution in [-0.2, 0) is 37.7 Å². The number of carbonyl (C=O) groups is 1. The predicted molar refractivity (Wildman–Crippen MR) is 184 cm³/mol. The second-order valence-corrected chi connectivity index (χ2v) is 15.9. The van der Waals surface area contributed by atoms with Crippen LogP contribution in [0.25, 0.3) is 21.6 Å². The summed E-state index contributed by atoms with van der Waals surface area (Å²) < 4.78 is 53.2. The number of carbonyl (C=O) groups excluding carboxylic acids is 1. The van der Waals surface area contributed by atoms with Gasteiger partial charge in [0.05, 0.1) is 13.2 Å². The maximum Gasteiger partial charge on any atom is 0.481 e. The number of aromatic nitrogens is 5. The molecule has 2 aliphatic heterocycles. The molecule has 10 unspecified atom stereocenters. The van der Waals surface area contributed by atoms with Gasteiger partial charge in [0.1, 0.15) is 42.4 Å². The molecule has 0 spiro atoms. The Hall–Kier alpha value is -4.13. The first-order valence-electron chi connectivity index (χ1n) is 15.8. The number of phosphoric acid groups is 2. The fraction of sp³-hybridized carbons (Fsp3) is 0.393. The number of anilines is 1. The van der Waals surface area contributed by atoms with Crippen LogP contribution in [0, 0.1) is 0 Å². The molecule has 55 heavy (non-hydrogen) atoms. The molecule has 2 saturated heterocycles. The van der Waals surface area contributed by atoms with Crippen LogP contribution in [0.1, 0.15) is 28.4 Å². The number of azide groups is 1. The van der Waals surface area contributed by atoms with Crippen molar-refractivity contribution in [1.82, 2.24) is 19.5 Å². The number of nitrogen functional groups attached to an aromatic ring is 1. The van der Waals surface area contributed by atoms with Gasteiger partial charge in [0.25, 0.3) is 12.1 Å². The minimum Gasteiger partial charge on any atom is -0.387 e. The normalized spacial score (nSPS) is 27.4. The summed E-state index contributed by atoms with van der Waals surface area (Å²) in [4.78, 5) is 47.4. The van der Waals surface area contributed by atoms with Gasteiger partial charge in [0.15, 0.2) is 46.9 Å². The highest BCUT2D eigenvalue weighted by atomic mass is 32.2. The number of pyridine rings is 1. The molecular formula is C28H33N10O14P2S+. The van der Waals surface area contributed by atoms with E-state index in [1.165, 1.54) is 33.7 Å². The summed E-state index contributed by atoms with van der Waals surface area (Å²) in [6.45, 7) is -1.89. The number of thioether (sulfide) groups is 1. The van der Waals surface area contributed by atoms with Crippen LogP contribution in [0.3, 0.4) is 0 Å². The van der Waals surface area contributed by atoms with E-state index in [9.17, 15) is 44.1 Å². The highest BCUT2D eigenvalue weighted by Crippen LogP contribution is 2.61. The van der Waals surface area contributed by atoms with E-state index < -0.39 is 83.8 Å². The number of ether oxygens (including phenoxy) is 2. The molecule has 1 aromatic carbocycles. The number of amides is 1. The standard InChI is InChI=1S/C28H32N10O14P2S/c29-23-18-25(33-12-32-23)38(28(34-18)55-11-14-4-1-2-6-15(14)35-36-31)27-22(42)20(40)17(51-27)10-49-54(46,47)52-53(44,45)48-9-16-19(39)21(41)26(50-16)37-7-3-5-13(8-37)24(30)43/h1-8,12,16-17,19-22,26-27,39-42H,9-11H2,(H5-,29,30,32,33,43,44,45,46,47)/p+1. The molecule has 24 nitrogen and oxygen atoms in total. The van der Waals surface area contributed by atoms with E-state index in [2.05, 4.69) is 29.3 Å². The van der Waals surface area contributed by atoms with Crippen molar-refractivity contribution in [3.63, 3.8) is 0 Å². The van der Waals surface area contributed by atoms with Crippen molar-refractivity contribution < 1.29 is 71.5 Å². The number of rotatable bonds is 15. The van der Waals surface area contributed by atoms with E-state index >= 15 is 0 Å². The monoisotopic (exact) mass is 827 g/mol. The van der Waals surface area contributed by atoms with Gasteiger partial charge in [-0.25, -0.2) is 24.1 Å². The Balaban J connectivity index is 1.09. The number of primary amides is 1. The summed E-state index contributed by atoms with van der Waals surface area (Å²) in [7, 11) is -10.9. The number of imidazole rings is 1. The average Bonchev–Trinajstić information content (AvgIpc) is 3.75. The molecule has 10 atom stereocenters. The second kappa shape index (κ2) is 16.5. The topological polar surface area (TPSA) is 367 Å². The fourth-order valence-corrected chi connectivity index (χ4v) is 8.77. The molecule has 27 heteroatoms. The van der Waals surface area contributed by atoms with Crippen LogP contribution in [-0.4, -0.2) is 105 Å². The van der Waals surface area contributed by atoms with Crippen LogP contribution < -0.4 is 16.0 Å². The lowest BCUT2D eigenvalue weighted by molar-refractivity contribution is -0.765. The lowest BCUT2D eigenvalue weighted by atomic mass is 10.1. The average molecular weight is 828 g/mol. The van der Waals surface area contributed by atoms with Crippen LogP contribution in [0.5, 0.6) is 0 Å². The zero-order valence-electron chi connectivity index (χ0n) is 27.9. The molecule has 0 saturated carbocycles. The molecule has 10 N–H and O–H groups in total. The van der Waals surface area contributed by atoms with Crippen LogP contribution >= 0.6 is 27.4 Å². The molecule has 0 bridgehead atoms. The first-order chi connectivity index (χ1) is 26.1. The number of hydrogen-bond acceptors (Lipinski definition) is 18. The van der Waals surface area contributed by atoms with Crippen LogP contribution in [0.4, 0.5) is 11.5 Å². The number of fused-ring (bicyclic) bond motifs is 1. The van der Waals surface area contributed by atoms with Crippen molar-refractivity contribution in [2.45, 2.75) is 60.0 Å². The molecule has 1 amide bonds. The second-order valence-electron chi connectivity index (χ2n) is 11.9. The molecule has 294 valence electrons. The van der Waals surface area contributed by atoms with E-state index in [4.69, 9.17) is 35.5 Å². The third kappa shape index (κ3) is 8.97. The zero-order chi connectivity index (χ0) is 39.7. The number of aliphatic hydroxyl groups excluding tert-OH is 4. The Morgan fingerprint density at radius 2 is 1.67 bits per heavy atom. The lowest BCUT2D eigenvalue weighted by Gasteiger charge is -2.20. The summed E-state index contributed by atoms with van der Waals surface area (Å²) in [5, 5.41) is 46.7. The molecule has 4 aromatic rings. The first kappa shape index (κ1) is 40.5. The third-order valence-electron chi connectivity index (χ3n) is 8.31. The van der Waals surface area contributed by atoms with Crippen molar-refractivity contribution in [2.75, 3.05) is 18.9 Å². The molecular weight excluding hydrogens is 794 g/mol. The number of nitrogens with zero attached hydrogens (tertiary/aromatic N) is 8. The van der Waals surface area contributed by atoms with E-state index in [-0.39, 0.29) is 33.5 Å². The highest BCUT2D eigenvalue weighted by molar-refractivity contribution is 7.98. The molecule has 2 aliphatic rings. The van der Waals surface area contributed by atoms with Crippen molar-refractivity contribution in [1.29, 1.82) is 0 Å². The summed E-state index contributed by atoms with van der Waals surface area (Å²) in [6.07, 6.45) is -8.69. The van der Waals surface area contributed by atoms with Gasteiger partial charge >= 0.3 is 15.6 Å². The predicted octanol–water partition coefficient (Wildman–Crippen LogP) is 0.218. The molecule has 5 heterocycles. The van der Waals surface area contributed by atoms with E-state index in [0.717, 1.165) is 18.1 Å². The molecule has 0 radical (unpaired) electrons. The molecule has 2 fully saturated rings. The lowest BCUT2D eigenvalue weighted by Crippen LogP contribution is -2.46. The SMILES string of the molecule is [N-]=[N+]=Nc1ccccc1CSc1nc2c(N)ncnc2n1C1OC(COP(=O)(O)OP(=O)(O)OCC2OC([n+]3cccc(C(N)=O)c3)C(O)C2O)C(O)C1O. The van der Waals surface area contributed by atoms with Gasteiger partial charge in [-0.1, -0.05) is 41.1 Å². The van der Waals surface area contributed by atoms with Gasteiger partial charge in [0.2, 0.25) is 0 Å². The van der Waals surface area contributed by atoms with Gasteiger partial charge in [-0.05, 0) is 17.2 Å². The minimum atomic E-state index is -5.47. The summed E-state index contributed by atoms with van der Waals surface area (Å²) >= 11 is 1.11. The smallest absolute Gasteiger partial charge is 0.387 e. The van der Waals surface area contributed by atoms with E-state index in [0.29, 0.717) is 11.3 Å². The molecule has 0 aliphatic carbocycles. The maximum atomic E-state index is 12.7. The van der Waals surface area contributed by atoms with E-state index in [1.54, 1.807) is 24.3 Å². The maximum absolute atomic E-state index is 12.7. The third-order valence-corrected chi connectivity index (χ3v) is 11.9. The number of hydrogen-bond donors (Lipinski definition) is 8. The summed E-state index contributed by atoms with van der Waals surface area (Å²) in [5.41, 5.74) is 21.5. The fourth-order valence-electron chi connectivity index (χ4n) is 5.66. The molecule has 6 rings (SSSR count). The number of nitrogens with two attached hydrogens (primary N) is 2. The highest BCUT2D eigenvalue weighted by Gasteiger charge is 2.50. The quantitative estimate of drug-likeness (QED) is 0.0198. The van der Waals surface area contributed by atoms with Gasteiger partial charge in [0, 0.05) is 22.4 Å². The summed E-state index contributed by atoms with van der Waals surface area (Å²) in [5.74, 6) is -0.587. The van der Waals surface area contributed by atoms with Gasteiger partial charge in [-0.2, -0.15) is 8.88 Å². The van der Waals surface area contributed by atoms with Gasteiger partial charge < -0.3 is 51.2 Å². The van der Waals surface area contributed by atoms with Crippen molar-refractivity contribution >= 4 is 56.0 Å². The Bertz CT molecular complexity index is 2210. The Kier molecular flexibility index (Phi) is 12.2. The first-order valence-corrected chi connectivity index (χ1v) is 19.8. The minimum absolute atomic E-state index is 0.0131. The van der Waals surface area contributed by atoms with Gasteiger partial charge in [-0.15, -0.1) is 0 Å². The molecule has 3 aromatic heterocycles. The van der Waals surface area contributed by atoms with Crippen LogP contribution in [0.15, 0.2) is 65.4 Å². The Morgan fingerprint density at radius 1 is 1.00 bits per heavy atom. The number of aliphatic hydroxyl groups is 4. The largest absolute Gasteiger partial charge is 0.481 e. The zero-order valence-corrected chi connectivity index (χ0v) is 30.5. The number of phosphoric ester groups is 2. The summed E-state index contributed by atoms with van der Waals surface area (Å²) in [6, 6.07) is 9.58. The number of benzene rings is 1.